The lowest BCUT2D eigenvalue weighted by Gasteiger charge is -2.18. The second-order valence-corrected chi connectivity index (χ2v) is 7.46. The van der Waals surface area contributed by atoms with Gasteiger partial charge in [0.1, 0.15) is 0 Å². The fraction of sp³-hybridized carbons (Fsp3) is 0.286. The molecule has 30 heavy (non-hydrogen) atoms. The van der Waals surface area contributed by atoms with Gasteiger partial charge >= 0.3 is 0 Å². The molecule has 0 saturated carbocycles. The van der Waals surface area contributed by atoms with Gasteiger partial charge in [-0.1, -0.05) is 12.1 Å². The van der Waals surface area contributed by atoms with Crippen molar-refractivity contribution in [3.05, 3.63) is 69.3 Å². The molecule has 0 radical (unpaired) electrons. The summed E-state index contributed by atoms with van der Waals surface area (Å²) in [6.07, 6.45) is 3.22. The van der Waals surface area contributed by atoms with Crippen molar-refractivity contribution >= 4 is 29.1 Å². The molecule has 1 fully saturated rings. The molecule has 0 unspecified atom stereocenters. The summed E-state index contributed by atoms with van der Waals surface area (Å²) in [5, 5.41) is 10.8. The number of nitro groups is 1. The summed E-state index contributed by atoms with van der Waals surface area (Å²) in [6.45, 7) is 0.232. The summed E-state index contributed by atoms with van der Waals surface area (Å²) in [7, 11) is 0. The number of carbonyl (C=O) groups excluding carboxylic acids is 3. The summed E-state index contributed by atoms with van der Waals surface area (Å²) < 4.78 is 0. The Morgan fingerprint density at radius 3 is 2.67 bits per heavy atom. The van der Waals surface area contributed by atoms with Crippen LogP contribution in [0.1, 0.15) is 34.3 Å². The maximum Gasteiger partial charge on any atom is 0.270 e. The average Bonchev–Trinajstić information content (AvgIpc) is 3.37. The van der Waals surface area contributed by atoms with Crippen LogP contribution in [0.3, 0.4) is 0 Å². The molecule has 2 aromatic rings. The Labute approximate surface area is 172 Å². The van der Waals surface area contributed by atoms with E-state index in [1.54, 1.807) is 4.90 Å². The molecule has 1 heterocycles. The van der Waals surface area contributed by atoms with E-state index in [4.69, 9.17) is 0 Å². The van der Waals surface area contributed by atoms with Crippen LogP contribution in [0.15, 0.2) is 42.5 Å². The number of nitrogens with zero attached hydrogens (tertiary/aromatic N) is 2. The minimum atomic E-state index is -0.674. The lowest BCUT2D eigenvalue weighted by Crippen LogP contribution is -2.45. The molecule has 0 aromatic heterocycles. The van der Waals surface area contributed by atoms with Crippen molar-refractivity contribution in [3.63, 3.8) is 0 Å². The van der Waals surface area contributed by atoms with Crippen LogP contribution >= 0.6 is 0 Å². The van der Waals surface area contributed by atoms with Crippen molar-refractivity contribution < 1.29 is 19.3 Å². The second kappa shape index (κ2) is 7.94. The highest BCUT2D eigenvalue weighted by Crippen LogP contribution is 2.30. The van der Waals surface area contributed by atoms with Gasteiger partial charge in [0.2, 0.25) is 11.8 Å². The largest absolute Gasteiger partial charge is 0.312 e. The van der Waals surface area contributed by atoms with Crippen molar-refractivity contribution in [3.8, 4) is 0 Å². The predicted octanol–water partition coefficient (Wildman–Crippen LogP) is 1.90. The van der Waals surface area contributed by atoms with E-state index < -0.39 is 22.7 Å². The number of hydrazine groups is 1. The molecule has 0 bridgehead atoms. The summed E-state index contributed by atoms with van der Waals surface area (Å²) in [6, 6.07) is 11.2. The van der Waals surface area contributed by atoms with Crippen LogP contribution in [0, 0.1) is 16.0 Å². The van der Waals surface area contributed by atoms with Crippen LogP contribution < -0.4 is 15.8 Å². The zero-order chi connectivity index (χ0) is 21.3. The fourth-order valence-corrected chi connectivity index (χ4v) is 3.91. The Kier molecular flexibility index (Phi) is 5.18. The topological polar surface area (TPSA) is 122 Å². The predicted molar refractivity (Wildman–Crippen MR) is 108 cm³/mol. The van der Waals surface area contributed by atoms with Gasteiger partial charge in [0.25, 0.3) is 11.6 Å². The van der Waals surface area contributed by atoms with Crippen molar-refractivity contribution in [1.29, 1.82) is 0 Å². The minimum absolute atomic E-state index is 0.0479. The maximum atomic E-state index is 12.5. The van der Waals surface area contributed by atoms with E-state index in [1.807, 2.05) is 18.2 Å². The van der Waals surface area contributed by atoms with Gasteiger partial charge in [0.15, 0.2) is 0 Å². The number of nitrogens with one attached hydrogen (secondary N) is 2. The third-order valence-electron chi connectivity index (χ3n) is 5.51. The number of carbonyl (C=O) groups is 3. The molecule has 9 nitrogen and oxygen atoms in total. The monoisotopic (exact) mass is 408 g/mol. The van der Waals surface area contributed by atoms with Crippen molar-refractivity contribution in [2.45, 2.75) is 25.7 Å². The fourth-order valence-electron chi connectivity index (χ4n) is 3.91. The lowest BCUT2D eigenvalue weighted by molar-refractivity contribution is -0.384. The summed E-state index contributed by atoms with van der Waals surface area (Å²) in [5.74, 6) is -1.90. The molecule has 1 aliphatic heterocycles. The smallest absolute Gasteiger partial charge is 0.270 e. The SMILES string of the molecule is O=C(NNC(=O)[C@H]1CC(=O)N(c2ccc3c(c2)CCC3)C1)c1cccc([N+](=O)[O-])c1. The summed E-state index contributed by atoms with van der Waals surface area (Å²) in [4.78, 5) is 48.9. The van der Waals surface area contributed by atoms with E-state index in [0.29, 0.717) is 0 Å². The number of benzene rings is 2. The van der Waals surface area contributed by atoms with Crippen molar-refractivity contribution in [1.82, 2.24) is 10.9 Å². The summed E-state index contributed by atoms with van der Waals surface area (Å²) in [5.41, 5.74) is 7.74. The van der Waals surface area contributed by atoms with Crippen LogP contribution in [0.4, 0.5) is 11.4 Å². The van der Waals surface area contributed by atoms with Crippen LogP contribution in [-0.2, 0) is 22.4 Å². The first-order valence-corrected chi connectivity index (χ1v) is 9.69. The number of amides is 3. The maximum absolute atomic E-state index is 12.5. The molecule has 2 aromatic carbocycles. The molecule has 4 rings (SSSR count). The number of fused-ring (bicyclic) bond motifs is 1. The Balaban J connectivity index is 1.36. The van der Waals surface area contributed by atoms with Crippen LogP contribution in [0.2, 0.25) is 0 Å². The molecule has 1 saturated heterocycles. The first-order chi connectivity index (χ1) is 14.4. The van der Waals surface area contributed by atoms with Gasteiger partial charge in [-0.05, 0) is 48.6 Å². The molecular formula is C21H20N4O5. The van der Waals surface area contributed by atoms with Crippen molar-refractivity contribution in [2.75, 3.05) is 11.4 Å². The zero-order valence-electron chi connectivity index (χ0n) is 16.1. The first kappa shape index (κ1) is 19.6. The van der Waals surface area contributed by atoms with Crippen LogP contribution in [-0.4, -0.2) is 29.2 Å². The van der Waals surface area contributed by atoms with E-state index >= 15 is 0 Å². The normalized spacial score (nSPS) is 17.5. The highest BCUT2D eigenvalue weighted by Gasteiger charge is 2.35. The Hall–Kier alpha value is -3.75. The number of nitro benzene ring substituents is 1. The highest BCUT2D eigenvalue weighted by atomic mass is 16.6. The van der Waals surface area contributed by atoms with Crippen molar-refractivity contribution in [2.24, 2.45) is 5.92 Å². The van der Waals surface area contributed by atoms with E-state index in [1.165, 1.54) is 29.3 Å². The Morgan fingerprint density at radius 2 is 1.87 bits per heavy atom. The zero-order valence-corrected chi connectivity index (χ0v) is 16.1. The molecule has 9 heteroatoms. The quantitative estimate of drug-likeness (QED) is 0.591. The van der Waals surface area contributed by atoms with E-state index in [0.717, 1.165) is 31.0 Å². The van der Waals surface area contributed by atoms with E-state index in [-0.39, 0.29) is 30.1 Å². The molecule has 1 aliphatic carbocycles. The number of aryl methyl sites for hydroxylation is 2. The number of hydrogen-bond acceptors (Lipinski definition) is 5. The molecule has 154 valence electrons. The Morgan fingerprint density at radius 1 is 1.07 bits per heavy atom. The van der Waals surface area contributed by atoms with E-state index in [9.17, 15) is 24.5 Å². The van der Waals surface area contributed by atoms with Gasteiger partial charge in [0, 0.05) is 36.3 Å². The number of rotatable bonds is 4. The molecule has 3 amide bonds. The molecule has 2 N–H and O–H groups in total. The third kappa shape index (κ3) is 3.86. The highest BCUT2D eigenvalue weighted by molar-refractivity contribution is 6.01. The number of non-ortho nitro benzene ring substituents is 1. The second-order valence-electron chi connectivity index (χ2n) is 7.46. The molecule has 1 atom stereocenters. The molecule has 2 aliphatic rings. The van der Waals surface area contributed by atoms with Crippen LogP contribution in [0.25, 0.3) is 0 Å². The van der Waals surface area contributed by atoms with Gasteiger partial charge in [-0.15, -0.1) is 0 Å². The third-order valence-corrected chi connectivity index (χ3v) is 5.51. The van der Waals surface area contributed by atoms with Gasteiger partial charge in [-0.2, -0.15) is 0 Å². The summed E-state index contributed by atoms with van der Waals surface area (Å²) >= 11 is 0. The Bertz CT molecular complexity index is 1050. The van der Waals surface area contributed by atoms with Gasteiger partial charge in [0.05, 0.1) is 10.8 Å². The van der Waals surface area contributed by atoms with Gasteiger partial charge < -0.3 is 4.90 Å². The van der Waals surface area contributed by atoms with Crippen LogP contribution in [0.5, 0.6) is 0 Å². The molecular weight excluding hydrogens is 388 g/mol. The average molecular weight is 408 g/mol. The minimum Gasteiger partial charge on any atom is -0.312 e. The number of anilines is 1. The van der Waals surface area contributed by atoms with E-state index in [2.05, 4.69) is 10.9 Å². The first-order valence-electron chi connectivity index (χ1n) is 9.69. The van der Waals surface area contributed by atoms with Gasteiger partial charge in [-0.25, -0.2) is 0 Å². The standard InChI is InChI=1S/C21H20N4O5/c26-19-11-16(12-24(19)17-8-7-13-3-1-4-14(13)9-17)21(28)23-22-20(27)15-5-2-6-18(10-15)25(29)30/h2,5-10,16H,1,3-4,11-12H2,(H,22,27)(H,23,28)/t16-/m0/s1. The number of hydrogen-bond donors (Lipinski definition) is 2. The lowest BCUT2D eigenvalue weighted by atomic mass is 10.1. The molecule has 0 spiro atoms. The van der Waals surface area contributed by atoms with Gasteiger partial charge in [-0.3, -0.25) is 35.3 Å².